The zero-order valence-corrected chi connectivity index (χ0v) is 9.82. The second-order valence-electron chi connectivity index (χ2n) is 4.00. The standard InChI is InChI=1S/C13H10N4O2/c14-10-5-1-4-9-11(13(18)19)16-12(17(9)10)8-3-2-6-15-7-8/h1-7H,14H2,(H,18,19). The molecule has 3 rings (SSSR count). The maximum atomic E-state index is 11.2. The van der Waals surface area contributed by atoms with Crippen molar-refractivity contribution in [3.63, 3.8) is 0 Å². The van der Waals surface area contributed by atoms with Gasteiger partial charge in [0.1, 0.15) is 11.6 Å². The number of aromatic nitrogens is 3. The first-order valence-corrected chi connectivity index (χ1v) is 5.59. The number of nitrogens with zero attached hydrogens (tertiary/aromatic N) is 3. The molecular formula is C13H10N4O2. The summed E-state index contributed by atoms with van der Waals surface area (Å²) in [5.74, 6) is -0.187. The van der Waals surface area contributed by atoms with Crippen LogP contribution in [0.5, 0.6) is 0 Å². The number of carboxylic acid groups (broad SMARTS) is 1. The summed E-state index contributed by atoms with van der Waals surface area (Å²) in [6.07, 6.45) is 3.26. The SMILES string of the molecule is Nc1cccc2c(C(=O)O)nc(-c3cccnc3)n12. The molecule has 0 aliphatic heterocycles. The van der Waals surface area contributed by atoms with Gasteiger partial charge in [-0.05, 0) is 24.3 Å². The molecule has 0 saturated carbocycles. The molecule has 0 aliphatic carbocycles. The lowest BCUT2D eigenvalue weighted by atomic mass is 10.2. The van der Waals surface area contributed by atoms with Crippen molar-refractivity contribution in [3.8, 4) is 11.4 Å². The van der Waals surface area contributed by atoms with Crippen molar-refractivity contribution >= 4 is 17.3 Å². The van der Waals surface area contributed by atoms with Gasteiger partial charge in [-0.25, -0.2) is 9.78 Å². The maximum absolute atomic E-state index is 11.2. The molecule has 3 heterocycles. The molecule has 3 N–H and O–H groups in total. The Kier molecular flexibility index (Phi) is 2.42. The van der Waals surface area contributed by atoms with Crippen molar-refractivity contribution in [2.45, 2.75) is 0 Å². The highest BCUT2D eigenvalue weighted by atomic mass is 16.4. The fourth-order valence-electron chi connectivity index (χ4n) is 2.01. The van der Waals surface area contributed by atoms with Crippen LogP contribution in [0, 0.1) is 0 Å². The topological polar surface area (TPSA) is 93.5 Å². The van der Waals surface area contributed by atoms with E-state index in [0.717, 1.165) is 0 Å². The minimum Gasteiger partial charge on any atom is -0.476 e. The summed E-state index contributed by atoms with van der Waals surface area (Å²) in [7, 11) is 0. The van der Waals surface area contributed by atoms with Crippen LogP contribution in [-0.4, -0.2) is 25.4 Å². The molecule has 6 nitrogen and oxygen atoms in total. The third kappa shape index (κ3) is 1.70. The molecule has 0 saturated heterocycles. The van der Waals surface area contributed by atoms with Gasteiger partial charge in [-0.15, -0.1) is 0 Å². The number of anilines is 1. The van der Waals surface area contributed by atoms with Crippen LogP contribution < -0.4 is 5.73 Å². The van der Waals surface area contributed by atoms with Crippen LogP contribution in [-0.2, 0) is 0 Å². The molecule has 0 fully saturated rings. The molecule has 0 unspecified atom stereocenters. The molecule has 3 aromatic rings. The van der Waals surface area contributed by atoms with E-state index in [4.69, 9.17) is 5.73 Å². The predicted octanol–water partition coefficient (Wildman–Crippen LogP) is 1.68. The molecule has 0 atom stereocenters. The van der Waals surface area contributed by atoms with Crippen LogP contribution in [0.1, 0.15) is 10.5 Å². The number of carboxylic acids is 1. The second-order valence-corrected chi connectivity index (χ2v) is 4.00. The van der Waals surface area contributed by atoms with E-state index in [2.05, 4.69) is 9.97 Å². The van der Waals surface area contributed by atoms with E-state index in [1.54, 1.807) is 47.1 Å². The molecule has 94 valence electrons. The molecule has 6 heteroatoms. The van der Waals surface area contributed by atoms with Gasteiger partial charge in [0, 0.05) is 18.0 Å². The summed E-state index contributed by atoms with van der Waals surface area (Å²) < 4.78 is 1.61. The fourth-order valence-corrected chi connectivity index (χ4v) is 2.01. The smallest absolute Gasteiger partial charge is 0.356 e. The third-order valence-corrected chi connectivity index (χ3v) is 2.81. The van der Waals surface area contributed by atoms with E-state index in [9.17, 15) is 9.90 Å². The van der Waals surface area contributed by atoms with Gasteiger partial charge < -0.3 is 10.8 Å². The number of carbonyl (C=O) groups is 1. The molecule has 0 aromatic carbocycles. The number of hydrogen-bond acceptors (Lipinski definition) is 4. The van der Waals surface area contributed by atoms with Gasteiger partial charge in [-0.2, -0.15) is 0 Å². The highest BCUT2D eigenvalue weighted by Gasteiger charge is 2.18. The lowest BCUT2D eigenvalue weighted by Crippen LogP contribution is -1.99. The van der Waals surface area contributed by atoms with Gasteiger partial charge in [-0.3, -0.25) is 9.38 Å². The summed E-state index contributed by atoms with van der Waals surface area (Å²) in [5.41, 5.74) is 7.07. The zero-order valence-electron chi connectivity index (χ0n) is 9.82. The van der Waals surface area contributed by atoms with E-state index < -0.39 is 5.97 Å². The van der Waals surface area contributed by atoms with Gasteiger partial charge in [0.2, 0.25) is 0 Å². The summed E-state index contributed by atoms with van der Waals surface area (Å²) in [4.78, 5) is 19.4. The monoisotopic (exact) mass is 254 g/mol. The van der Waals surface area contributed by atoms with E-state index in [-0.39, 0.29) is 5.69 Å². The first-order valence-electron chi connectivity index (χ1n) is 5.59. The summed E-state index contributed by atoms with van der Waals surface area (Å²) in [6.45, 7) is 0. The molecule has 0 aliphatic rings. The van der Waals surface area contributed by atoms with Gasteiger partial charge >= 0.3 is 5.97 Å². The van der Waals surface area contributed by atoms with Gasteiger partial charge in [0.15, 0.2) is 5.69 Å². The number of aromatic carboxylic acids is 1. The maximum Gasteiger partial charge on any atom is 0.356 e. The Morgan fingerprint density at radius 3 is 2.79 bits per heavy atom. The van der Waals surface area contributed by atoms with Crippen LogP contribution in [0.4, 0.5) is 5.82 Å². The highest BCUT2D eigenvalue weighted by molar-refractivity contribution is 5.95. The molecule has 19 heavy (non-hydrogen) atoms. The Morgan fingerprint density at radius 1 is 1.26 bits per heavy atom. The average molecular weight is 254 g/mol. The Hall–Kier alpha value is -2.89. The summed E-state index contributed by atoms with van der Waals surface area (Å²) >= 11 is 0. The van der Waals surface area contributed by atoms with Crippen molar-refractivity contribution in [1.82, 2.24) is 14.4 Å². The van der Waals surface area contributed by atoms with Gasteiger partial charge in [0.25, 0.3) is 0 Å². The number of pyridine rings is 2. The van der Waals surface area contributed by atoms with Crippen LogP contribution in [0.2, 0.25) is 0 Å². The molecule has 0 amide bonds. The predicted molar refractivity (Wildman–Crippen MR) is 69.8 cm³/mol. The Balaban J connectivity index is 2.40. The number of nitrogen functional groups attached to an aromatic ring is 1. The third-order valence-electron chi connectivity index (χ3n) is 2.81. The number of fused-ring (bicyclic) bond motifs is 1. The van der Waals surface area contributed by atoms with E-state index in [1.807, 2.05) is 0 Å². The molecular weight excluding hydrogens is 244 g/mol. The van der Waals surface area contributed by atoms with Crippen LogP contribution in [0.3, 0.4) is 0 Å². The fraction of sp³-hybridized carbons (Fsp3) is 0. The molecule has 0 spiro atoms. The quantitative estimate of drug-likeness (QED) is 0.725. The molecule has 0 radical (unpaired) electrons. The number of imidazole rings is 1. The van der Waals surface area contributed by atoms with E-state index in [1.165, 1.54) is 0 Å². The number of hydrogen-bond donors (Lipinski definition) is 2. The highest BCUT2D eigenvalue weighted by Crippen LogP contribution is 2.24. The minimum atomic E-state index is -1.08. The Bertz CT molecular complexity index is 765. The lowest BCUT2D eigenvalue weighted by molar-refractivity contribution is 0.0693. The second kappa shape index (κ2) is 4.09. The Morgan fingerprint density at radius 2 is 2.11 bits per heavy atom. The largest absolute Gasteiger partial charge is 0.476 e. The Labute approximate surface area is 108 Å². The van der Waals surface area contributed by atoms with Crippen LogP contribution in [0.25, 0.3) is 16.9 Å². The minimum absolute atomic E-state index is 0.0221. The zero-order chi connectivity index (χ0) is 13.4. The number of rotatable bonds is 2. The van der Waals surface area contributed by atoms with Crippen LogP contribution in [0.15, 0.2) is 42.7 Å². The molecule has 0 bridgehead atoms. The summed E-state index contributed by atoms with van der Waals surface area (Å²) in [6, 6.07) is 8.63. The lowest BCUT2D eigenvalue weighted by Gasteiger charge is -2.03. The van der Waals surface area contributed by atoms with Crippen molar-refractivity contribution in [2.75, 3.05) is 5.73 Å². The van der Waals surface area contributed by atoms with Gasteiger partial charge in [0.05, 0.1) is 5.52 Å². The summed E-state index contributed by atoms with van der Waals surface area (Å²) in [5, 5.41) is 9.20. The van der Waals surface area contributed by atoms with Crippen molar-refractivity contribution in [2.24, 2.45) is 0 Å². The average Bonchev–Trinajstić information content (AvgIpc) is 2.81. The number of nitrogens with two attached hydrogens (primary N) is 1. The van der Waals surface area contributed by atoms with Crippen LogP contribution >= 0.6 is 0 Å². The van der Waals surface area contributed by atoms with E-state index in [0.29, 0.717) is 22.7 Å². The van der Waals surface area contributed by atoms with Crippen molar-refractivity contribution in [3.05, 3.63) is 48.4 Å². The molecule has 3 aromatic heterocycles. The van der Waals surface area contributed by atoms with Gasteiger partial charge in [-0.1, -0.05) is 6.07 Å². The first-order chi connectivity index (χ1) is 9.18. The first kappa shape index (κ1) is 11.2. The van der Waals surface area contributed by atoms with E-state index >= 15 is 0 Å². The normalized spacial score (nSPS) is 10.7. The van der Waals surface area contributed by atoms with Crippen molar-refractivity contribution in [1.29, 1.82) is 0 Å². The van der Waals surface area contributed by atoms with Crippen molar-refractivity contribution < 1.29 is 9.90 Å².